The van der Waals surface area contributed by atoms with Gasteiger partial charge in [-0.15, -0.1) is 12.4 Å². The highest BCUT2D eigenvalue weighted by Gasteiger charge is 2.40. The molecule has 1 unspecified atom stereocenters. The van der Waals surface area contributed by atoms with E-state index in [1.54, 1.807) is 0 Å². The Bertz CT molecular complexity index is 697. The number of sulfone groups is 1. The molecule has 1 atom stereocenters. The van der Waals surface area contributed by atoms with Crippen LogP contribution in [-0.2, 0) is 23.1 Å². The topological polar surface area (TPSA) is 87.2 Å². The molecule has 6 nitrogen and oxygen atoms in total. The van der Waals surface area contributed by atoms with Crippen LogP contribution in [0.2, 0.25) is 0 Å². The Hall–Kier alpha value is -1.26. The average molecular weight is 362 g/mol. The average Bonchev–Trinajstić information content (AvgIpc) is 2.57. The fourth-order valence-electron chi connectivity index (χ4n) is 2.02. The van der Waals surface area contributed by atoms with Gasteiger partial charge >= 0.3 is 6.18 Å². The number of fused-ring (bicyclic) bond motifs is 1. The molecule has 2 N–H and O–H groups in total. The van der Waals surface area contributed by atoms with Gasteiger partial charge in [0.05, 0.1) is 5.56 Å². The van der Waals surface area contributed by atoms with Crippen molar-refractivity contribution in [2.75, 3.05) is 12.9 Å². The van der Waals surface area contributed by atoms with Crippen LogP contribution in [0.1, 0.15) is 17.7 Å². The Morgan fingerprint density at radius 3 is 2.55 bits per heavy atom. The fourth-order valence-corrected chi connectivity index (χ4v) is 2.87. The van der Waals surface area contributed by atoms with Gasteiger partial charge in [0.15, 0.2) is 15.5 Å². The standard InChI is InChI=1S/C11H14F3N3O3S.ClH/c1-17-10-8(9(16-17)11(12,13)14)4-7(21(2,18)19)3-6(15)5-20-10;/h4,6H,3,5,15H2,1-2H3;1H. The first-order chi connectivity index (χ1) is 9.50. The molecule has 0 aliphatic carbocycles. The summed E-state index contributed by atoms with van der Waals surface area (Å²) >= 11 is 0. The lowest BCUT2D eigenvalue weighted by atomic mass is 10.1. The summed E-state index contributed by atoms with van der Waals surface area (Å²) in [7, 11) is -2.39. The van der Waals surface area contributed by atoms with Gasteiger partial charge in [-0.25, -0.2) is 13.1 Å². The first-order valence-corrected chi connectivity index (χ1v) is 7.82. The van der Waals surface area contributed by atoms with Crippen LogP contribution in [0.15, 0.2) is 4.91 Å². The van der Waals surface area contributed by atoms with E-state index in [9.17, 15) is 21.6 Å². The number of halogens is 4. The number of alkyl halides is 3. The van der Waals surface area contributed by atoms with Gasteiger partial charge in [-0.2, -0.15) is 18.3 Å². The number of aryl methyl sites for hydroxylation is 1. The third kappa shape index (κ3) is 3.73. The Morgan fingerprint density at radius 2 is 2.05 bits per heavy atom. The molecule has 2 rings (SSSR count). The summed E-state index contributed by atoms with van der Waals surface area (Å²) in [5.74, 6) is -0.154. The van der Waals surface area contributed by atoms with E-state index in [1.807, 2.05) is 0 Å². The highest BCUT2D eigenvalue weighted by Crippen LogP contribution is 2.38. The lowest BCUT2D eigenvalue weighted by Crippen LogP contribution is -2.30. The summed E-state index contributed by atoms with van der Waals surface area (Å²) in [5, 5.41) is 3.37. The maximum absolute atomic E-state index is 13.0. The zero-order chi connectivity index (χ0) is 16.0. The van der Waals surface area contributed by atoms with Gasteiger partial charge in [0.2, 0.25) is 5.88 Å². The third-order valence-corrected chi connectivity index (χ3v) is 4.21. The fraction of sp³-hybridized carbons (Fsp3) is 0.545. The van der Waals surface area contributed by atoms with Crippen molar-refractivity contribution in [1.29, 1.82) is 0 Å². The smallest absolute Gasteiger partial charge is 0.435 e. The van der Waals surface area contributed by atoms with Crippen LogP contribution in [0.5, 0.6) is 5.88 Å². The second kappa shape index (κ2) is 6.09. The van der Waals surface area contributed by atoms with E-state index in [0.29, 0.717) is 0 Å². The van der Waals surface area contributed by atoms with Gasteiger partial charge in [0.1, 0.15) is 6.61 Å². The Kier molecular flexibility index (Phi) is 5.20. The Labute approximate surface area is 131 Å². The van der Waals surface area contributed by atoms with Crippen LogP contribution in [0.4, 0.5) is 13.2 Å². The van der Waals surface area contributed by atoms with Crippen molar-refractivity contribution in [3.63, 3.8) is 0 Å². The molecule has 11 heteroatoms. The van der Waals surface area contributed by atoms with Crippen molar-refractivity contribution in [3.05, 3.63) is 16.2 Å². The van der Waals surface area contributed by atoms with Gasteiger partial charge in [-0.3, -0.25) is 0 Å². The molecule has 0 radical (unpaired) electrons. The number of nitrogens with two attached hydrogens (primary N) is 1. The van der Waals surface area contributed by atoms with E-state index in [1.165, 1.54) is 7.05 Å². The minimum Gasteiger partial charge on any atom is -0.476 e. The molecule has 0 aromatic carbocycles. The predicted molar refractivity (Wildman–Crippen MR) is 76.4 cm³/mol. The van der Waals surface area contributed by atoms with E-state index in [2.05, 4.69) is 5.10 Å². The second-order valence-electron chi connectivity index (χ2n) is 4.85. The minimum atomic E-state index is -4.71. The molecule has 0 spiro atoms. The predicted octanol–water partition coefficient (Wildman–Crippen LogP) is 1.36. The van der Waals surface area contributed by atoms with Crippen LogP contribution in [0, 0.1) is 0 Å². The summed E-state index contributed by atoms with van der Waals surface area (Å²) < 4.78 is 68.5. The van der Waals surface area contributed by atoms with Crippen molar-refractivity contribution in [3.8, 4) is 5.88 Å². The van der Waals surface area contributed by atoms with E-state index < -0.39 is 33.3 Å². The third-order valence-electron chi connectivity index (χ3n) is 2.98. The maximum atomic E-state index is 13.0. The molecule has 1 aliphatic rings. The zero-order valence-corrected chi connectivity index (χ0v) is 13.3. The number of aromatic nitrogens is 2. The van der Waals surface area contributed by atoms with E-state index in [0.717, 1.165) is 17.0 Å². The Morgan fingerprint density at radius 1 is 1.45 bits per heavy atom. The van der Waals surface area contributed by atoms with Crippen LogP contribution < -0.4 is 10.5 Å². The first-order valence-electron chi connectivity index (χ1n) is 5.93. The van der Waals surface area contributed by atoms with Gasteiger partial charge < -0.3 is 10.5 Å². The van der Waals surface area contributed by atoms with Gasteiger partial charge in [-0.05, 0) is 6.08 Å². The Balaban J connectivity index is 0.00000242. The van der Waals surface area contributed by atoms with Crippen molar-refractivity contribution >= 4 is 28.3 Å². The molecule has 0 fully saturated rings. The zero-order valence-electron chi connectivity index (χ0n) is 11.7. The van der Waals surface area contributed by atoms with Gasteiger partial charge in [0.25, 0.3) is 0 Å². The molecule has 1 aliphatic heterocycles. The first kappa shape index (κ1) is 18.8. The lowest BCUT2D eigenvalue weighted by molar-refractivity contribution is -0.141. The summed E-state index contributed by atoms with van der Waals surface area (Å²) in [6.07, 6.45) is -2.93. The van der Waals surface area contributed by atoms with E-state index >= 15 is 0 Å². The molecule has 0 bridgehead atoms. The van der Waals surface area contributed by atoms with Crippen molar-refractivity contribution in [2.45, 2.75) is 18.6 Å². The van der Waals surface area contributed by atoms with Crippen LogP contribution >= 0.6 is 12.4 Å². The minimum absolute atomic E-state index is 0. The highest BCUT2D eigenvalue weighted by molar-refractivity contribution is 7.94. The number of rotatable bonds is 1. The van der Waals surface area contributed by atoms with Gasteiger partial charge in [-0.1, -0.05) is 0 Å². The van der Waals surface area contributed by atoms with Gasteiger partial charge in [0, 0.05) is 30.7 Å². The number of nitrogens with zero attached hydrogens (tertiary/aromatic N) is 2. The van der Waals surface area contributed by atoms with Crippen LogP contribution in [0.3, 0.4) is 0 Å². The van der Waals surface area contributed by atoms with Crippen molar-refractivity contribution < 1.29 is 26.3 Å². The van der Waals surface area contributed by atoms with Crippen LogP contribution in [0.25, 0.3) is 6.08 Å². The molecule has 1 aromatic heterocycles. The summed E-state index contributed by atoms with van der Waals surface area (Å²) in [5.41, 5.74) is 4.13. The number of ether oxygens (including phenoxy) is 1. The second-order valence-corrected chi connectivity index (χ2v) is 6.92. The summed E-state index contributed by atoms with van der Waals surface area (Å²) in [4.78, 5) is -0.168. The molecule has 0 amide bonds. The molecule has 2 heterocycles. The molecule has 1 aromatic rings. The largest absolute Gasteiger partial charge is 0.476 e. The molecule has 0 saturated carbocycles. The highest BCUT2D eigenvalue weighted by atomic mass is 35.5. The van der Waals surface area contributed by atoms with Crippen LogP contribution in [-0.4, -0.2) is 37.1 Å². The lowest BCUT2D eigenvalue weighted by Gasteiger charge is -2.18. The maximum Gasteiger partial charge on any atom is 0.435 e. The molecular formula is C11H15ClF3N3O3S. The van der Waals surface area contributed by atoms with Crippen molar-refractivity contribution in [2.24, 2.45) is 12.8 Å². The summed E-state index contributed by atoms with van der Waals surface area (Å²) in [6.45, 7) is -0.101. The molecular weight excluding hydrogens is 347 g/mol. The van der Waals surface area contributed by atoms with Crippen molar-refractivity contribution in [1.82, 2.24) is 9.78 Å². The quantitative estimate of drug-likeness (QED) is 0.816. The summed E-state index contributed by atoms with van der Waals surface area (Å²) in [6, 6.07) is -0.636. The van der Waals surface area contributed by atoms with E-state index in [4.69, 9.17) is 10.5 Å². The normalized spacial score (nSPS) is 19.2. The molecule has 0 saturated heterocycles. The number of hydrogen-bond donors (Lipinski definition) is 1. The van der Waals surface area contributed by atoms with E-state index in [-0.39, 0.29) is 36.2 Å². The SMILES string of the molecule is Cl.Cn1nc(C(F)(F)F)c2c1OCC(N)CC(S(C)(=O)=O)=C2. The molecule has 22 heavy (non-hydrogen) atoms. The number of hydrogen-bond acceptors (Lipinski definition) is 5. The molecule has 126 valence electrons. The monoisotopic (exact) mass is 361 g/mol.